The number of nitrogens with one attached hydrogen (secondary N) is 1. The molecular formula is C16H18F2N2O5. The highest BCUT2D eigenvalue weighted by Gasteiger charge is 2.36. The molecule has 0 bridgehead atoms. The Morgan fingerprint density at radius 2 is 2.00 bits per heavy atom. The first-order valence-electron chi connectivity index (χ1n) is 7.69. The zero-order valence-electron chi connectivity index (χ0n) is 13.4. The number of nitrogens with zero attached hydrogens (tertiary/aromatic N) is 1. The second kappa shape index (κ2) is 7.91. The Hall–Kier alpha value is -2.71. The number of carboxylic acid groups (broad SMARTS) is 1. The number of hydrogen-bond acceptors (Lipinski definition) is 4. The van der Waals surface area contributed by atoms with Crippen LogP contribution >= 0.6 is 0 Å². The van der Waals surface area contributed by atoms with Crippen LogP contribution in [0, 0.1) is 0 Å². The number of benzene rings is 1. The molecule has 9 heteroatoms. The van der Waals surface area contributed by atoms with Crippen molar-refractivity contribution in [2.24, 2.45) is 0 Å². The molecule has 1 aliphatic heterocycles. The molecule has 7 nitrogen and oxygen atoms in total. The SMILES string of the molecule is CC(NC(=O)C1CCCN1C(=O)c1ccccc1OC(F)F)C(=O)O. The van der Waals surface area contributed by atoms with E-state index in [1.807, 2.05) is 0 Å². The van der Waals surface area contributed by atoms with Crippen molar-refractivity contribution >= 4 is 17.8 Å². The van der Waals surface area contributed by atoms with Crippen LogP contribution in [-0.4, -0.2) is 53.0 Å². The van der Waals surface area contributed by atoms with Crippen LogP contribution in [0.4, 0.5) is 8.78 Å². The van der Waals surface area contributed by atoms with Gasteiger partial charge in [-0.25, -0.2) is 0 Å². The predicted octanol–water partition coefficient (Wildman–Crippen LogP) is 1.48. The normalized spacial score (nSPS) is 18.1. The van der Waals surface area contributed by atoms with Crippen molar-refractivity contribution in [2.45, 2.75) is 38.5 Å². The number of rotatable bonds is 6. The van der Waals surface area contributed by atoms with E-state index in [2.05, 4.69) is 10.1 Å². The lowest BCUT2D eigenvalue weighted by atomic mass is 10.1. The molecule has 2 unspecified atom stereocenters. The maximum absolute atomic E-state index is 12.7. The van der Waals surface area contributed by atoms with Gasteiger partial charge in [-0.05, 0) is 31.9 Å². The first-order chi connectivity index (χ1) is 11.8. The molecule has 0 spiro atoms. The molecule has 0 radical (unpaired) electrons. The third-order valence-electron chi connectivity index (χ3n) is 3.88. The maximum atomic E-state index is 12.7. The van der Waals surface area contributed by atoms with Gasteiger partial charge < -0.3 is 20.1 Å². The lowest BCUT2D eigenvalue weighted by Gasteiger charge is -2.25. The Labute approximate surface area is 142 Å². The Morgan fingerprint density at radius 3 is 2.64 bits per heavy atom. The Kier molecular flexibility index (Phi) is 5.89. The minimum Gasteiger partial charge on any atom is -0.480 e. The van der Waals surface area contributed by atoms with Crippen molar-refractivity contribution in [1.82, 2.24) is 10.2 Å². The zero-order valence-corrected chi connectivity index (χ0v) is 13.4. The summed E-state index contributed by atoms with van der Waals surface area (Å²) in [5, 5.41) is 11.2. The Bertz CT molecular complexity index is 668. The predicted molar refractivity (Wildman–Crippen MR) is 82.4 cm³/mol. The summed E-state index contributed by atoms with van der Waals surface area (Å²) in [5.74, 6) is -2.67. The number of alkyl halides is 2. The molecule has 1 fully saturated rings. The zero-order chi connectivity index (χ0) is 18.6. The number of carboxylic acids is 1. The van der Waals surface area contributed by atoms with Gasteiger partial charge in [-0.2, -0.15) is 8.78 Å². The van der Waals surface area contributed by atoms with Crippen molar-refractivity contribution < 1.29 is 33.0 Å². The highest BCUT2D eigenvalue weighted by atomic mass is 19.3. The smallest absolute Gasteiger partial charge is 0.387 e. The van der Waals surface area contributed by atoms with Crippen molar-refractivity contribution in [3.05, 3.63) is 29.8 Å². The third kappa shape index (κ3) is 4.43. The van der Waals surface area contributed by atoms with Crippen LogP contribution in [0.15, 0.2) is 24.3 Å². The highest BCUT2D eigenvalue weighted by molar-refractivity contribution is 6.00. The highest BCUT2D eigenvalue weighted by Crippen LogP contribution is 2.26. The minimum absolute atomic E-state index is 0.0752. The van der Waals surface area contributed by atoms with Crippen LogP contribution in [0.5, 0.6) is 5.75 Å². The fraction of sp³-hybridized carbons (Fsp3) is 0.438. The van der Waals surface area contributed by atoms with Gasteiger partial charge in [0.15, 0.2) is 0 Å². The van der Waals surface area contributed by atoms with Crippen molar-refractivity contribution in [2.75, 3.05) is 6.54 Å². The van der Waals surface area contributed by atoms with E-state index >= 15 is 0 Å². The third-order valence-corrected chi connectivity index (χ3v) is 3.88. The van der Waals surface area contributed by atoms with Gasteiger partial charge in [0.25, 0.3) is 5.91 Å². The molecule has 2 atom stereocenters. The number of hydrogen-bond donors (Lipinski definition) is 2. The average Bonchev–Trinajstić information content (AvgIpc) is 3.03. The van der Waals surface area contributed by atoms with E-state index in [0.29, 0.717) is 12.8 Å². The summed E-state index contributed by atoms with van der Waals surface area (Å²) >= 11 is 0. The number of carbonyl (C=O) groups is 3. The first kappa shape index (κ1) is 18.6. The van der Waals surface area contributed by atoms with Gasteiger partial charge >= 0.3 is 12.6 Å². The molecule has 1 saturated heterocycles. The summed E-state index contributed by atoms with van der Waals surface area (Å²) < 4.78 is 29.4. The molecule has 2 N–H and O–H groups in total. The number of likely N-dealkylation sites (tertiary alicyclic amines) is 1. The van der Waals surface area contributed by atoms with Gasteiger partial charge in [0.2, 0.25) is 5.91 Å². The van der Waals surface area contributed by atoms with E-state index in [1.54, 1.807) is 0 Å². The Morgan fingerprint density at radius 1 is 1.32 bits per heavy atom. The van der Waals surface area contributed by atoms with Crippen LogP contribution < -0.4 is 10.1 Å². The van der Waals surface area contributed by atoms with E-state index in [9.17, 15) is 23.2 Å². The number of carbonyl (C=O) groups excluding carboxylic acids is 2. The van der Waals surface area contributed by atoms with Gasteiger partial charge in [0, 0.05) is 6.54 Å². The molecular weight excluding hydrogens is 338 g/mol. The van der Waals surface area contributed by atoms with Gasteiger partial charge in [-0.15, -0.1) is 0 Å². The largest absolute Gasteiger partial charge is 0.480 e. The number of aliphatic carboxylic acids is 1. The molecule has 25 heavy (non-hydrogen) atoms. The number of para-hydroxylation sites is 1. The fourth-order valence-corrected chi connectivity index (χ4v) is 2.65. The molecule has 1 aromatic rings. The lowest BCUT2D eigenvalue weighted by Crippen LogP contribution is -2.50. The summed E-state index contributed by atoms with van der Waals surface area (Å²) in [5.41, 5.74) is -0.0752. The lowest BCUT2D eigenvalue weighted by molar-refractivity contribution is -0.141. The average molecular weight is 356 g/mol. The number of amides is 2. The van der Waals surface area contributed by atoms with E-state index in [4.69, 9.17) is 5.11 Å². The van der Waals surface area contributed by atoms with Crippen molar-refractivity contribution in [3.8, 4) is 5.75 Å². The van der Waals surface area contributed by atoms with Gasteiger partial charge in [0.05, 0.1) is 5.56 Å². The molecule has 2 amide bonds. The number of halogens is 2. The fourth-order valence-electron chi connectivity index (χ4n) is 2.65. The molecule has 1 aromatic carbocycles. The molecule has 1 heterocycles. The van der Waals surface area contributed by atoms with Crippen molar-refractivity contribution in [1.29, 1.82) is 0 Å². The van der Waals surface area contributed by atoms with E-state index in [0.717, 1.165) is 0 Å². The maximum Gasteiger partial charge on any atom is 0.387 e. The van der Waals surface area contributed by atoms with Crippen LogP contribution in [0.25, 0.3) is 0 Å². The second-order valence-electron chi connectivity index (χ2n) is 5.60. The van der Waals surface area contributed by atoms with Crippen LogP contribution in [0.3, 0.4) is 0 Å². The number of ether oxygens (including phenoxy) is 1. The van der Waals surface area contributed by atoms with Crippen LogP contribution in [0.2, 0.25) is 0 Å². The van der Waals surface area contributed by atoms with Crippen LogP contribution in [-0.2, 0) is 9.59 Å². The van der Waals surface area contributed by atoms with Gasteiger partial charge in [-0.3, -0.25) is 14.4 Å². The van der Waals surface area contributed by atoms with E-state index < -0.39 is 36.5 Å². The summed E-state index contributed by atoms with van der Waals surface area (Å²) in [6.45, 7) is -1.50. The molecule has 2 rings (SSSR count). The molecule has 136 valence electrons. The molecule has 0 aromatic heterocycles. The standard InChI is InChI=1S/C16H18F2N2O5/c1-9(15(23)24)19-13(21)11-6-4-8-20(11)14(22)10-5-2-3-7-12(10)25-16(17)18/h2-3,5,7,9,11,16H,4,6,8H2,1H3,(H,19,21)(H,23,24). The van der Waals surface area contributed by atoms with Crippen LogP contribution in [0.1, 0.15) is 30.1 Å². The molecule has 0 saturated carbocycles. The van der Waals surface area contributed by atoms with E-state index in [1.165, 1.54) is 36.1 Å². The second-order valence-corrected chi connectivity index (χ2v) is 5.60. The molecule has 1 aliphatic rings. The Balaban J connectivity index is 2.18. The quantitative estimate of drug-likeness (QED) is 0.805. The summed E-state index contributed by atoms with van der Waals surface area (Å²) in [6.07, 6.45) is 0.908. The van der Waals surface area contributed by atoms with Gasteiger partial charge in [0.1, 0.15) is 17.8 Å². The van der Waals surface area contributed by atoms with Gasteiger partial charge in [-0.1, -0.05) is 12.1 Å². The van der Waals surface area contributed by atoms with E-state index in [-0.39, 0.29) is 17.9 Å². The summed E-state index contributed by atoms with van der Waals surface area (Å²) in [4.78, 5) is 37.0. The first-order valence-corrected chi connectivity index (χ1v) is 7.69. The topological polar surface area (TPSA) is 95.9 Å². The monoisotopic (exact) mass is 356 g/mol. The summed E-state index contributed by atoms with van der Waals surface area (Å²) in [7, 11) is 0. The molecule has 0 aliphatic carbocycles. The minimum atomic E-state index is -3.08. The van der Waals surface area contributed by atoms with Crippen molar-refractivity contribution in [3.63, 3.8) is 0 Å². The summed E-state index contributed by atoms with van der Waals surface area (Å²) in [6, 6.07) is 3.60.